The predicted octanol–water partition coefficient (Wildman–Crippen LogP) is 3.70. The standard InChI is InChI=1S/C15H20O2/c1-11-6-7-15(8-12(11)2)17-14-5-3-4-13(9-14)10-16/h3-5,9-12,15H,6-8H2,1-2H3. The van der Waals surface area contributed by atoms with Gasteiger partial charge in [0.1, 0.15) is 12.0 Å². The Balaban J connectivity index is 1.98. The molecule has 2 rings (SSSR count). The maximum atomic E-state index is 10.7. The summed E-state index contributed by atoms with van der Waals surface area (Å²) in [7, 11) is 0. The Morgan fingerprint density at radius 2 is 2.06 bits per heavy atom. The molecular formula is C15H20O2. The van der Waals surface area contributed by atoms with Crippen LogP contribution in [0.25, 0.3) is 0 Å². The van der Waals surface area contributed by atoms with Gasteiger partial charge in [-0.2, -0.15) is 0 Å². The fraction of sp³-hybridized carbons (Fsp3) is 0.533. The lowest BCUT2D eigenvalue weighted by Gasteiger charge is -2.32. The molecule has 0 amide bonds. The van der Waals surface area contributed by atoms with E-state index in [0.29, 0.717) is 11.7 Å². The summed E-state index contributed by atoms with van der Waals surface area (Å²) in [6.45, 7) is 4.61. The molecule has 3 atom stereocenters. The molecule has 0 spiro atoms. The first-order chi connectivity index (χ1) is 8.19. The quantitative estimate of drug-likeness (QED) is 0.743. The van der Waals surface area contributed by atoms with Crippen LogP contribution in [0.3, 0.4) is 0 Å². The Kier molecular flexibility index (Phi) is 3.82. The summed E-state index contributed by atoms with van der Waals surface area (Å²) in [4.78, 5) is 10.7. The zero-order chi connectivity index (χ0) is 12.3. The Bertz CT molecular complexity index is 386. The Hall–Kier alpha value is -1.31. The van der Waals surface area contributed by atoms with Gasteiger partial charge in [-0.3, -0.25) is 4.79 Å². The topological polar surface area (TPSA) is 26.3 Å². The second-order valence-corrected chi connectivity index (χ2v) is 5.20. The van der Waals surface area contributed by atoms with E-state index in [4.69, 9.17) is 4.74 Å². The smallest absolute Gasteiger partial charge is 0.150 e. The number of carbonyl (C=O) groups is 1. The monoisotopic (exact) mass is 232 g/mol. The van der Waals surface area contributed by atoms with Gasteiger partial charge in [0.05, 0.1) is 6.10 Å². The van der Waals surface area contributed by atoms with Gasteiger partial charge >= 0.3 is 0 Å². The minimum absolute atomic E-state index is 0.308. The molecule has 1 saturated carbocycles. The molecule has 92 valence electrons. The average Bonchev–Trinajstić information content (AvgIpc) is 2.34. The first kappa shape index (κ1) is 12.2. The van der Waals surface area contributed by atoms with Crippen LogP contribution in [-0.2, 0) is 0 Å². The third-order valence-electron chi connectivity index (χ3n) is 3.85. The van der Waals surface area contributed by atoms with Crippen molar-refractivity contribution in [3.8, 4) is 5.75 Å². The highest BCUT2D eigenvalue weighted by atomic mass is 16.5. The van der Waals surface area contributed by atoms with Gasteiger partial charge in [-0.05, 0) is 43.2 Å². The van der Waals surface area contributed by atoms with Crippen molar-refractivity contribution in [3.63, 3.8) is 0 Å². The molecule has 2 heteroatoms. The van der Waals surface area contributed by atoms with Gasteiger partial charge in [0, 0.05) is 5.56 Å². The van der Waals surface area contributed by atoms with Gasteiger partial charge < -0.3 is 4.74 Å². The van der Waals surface area contributed by atoms with E-state index >= 15 is 0 Å². The number of hydrogen-bond acceptors (Lipinski definition) is 2. The Morgan fingerprint density at radius 3 is 2.76 bits per heavy atom. The summed E-state index contributed by atoms with van der Waals surface area (Å²) in [6.07, 6.45) is 4.64. The van der Waals surface area contributed by atoms with Gasteiger partial charge in [0.2, 0.25) is 0 Å². The molecule has 1 aliphatic rings. The van der Waals surface area contributed by atoms with Crippen molar-refractivity contribution >= 4 is 6.29 Å². The minimum Gasteiger partial charge on any atom is -0.490 e. The van der Waals surface area contributed by atoms with E-state index in [-0.39, 0.29) is 0 Å². The van der Waals surface area contributed by atoms with Gasteiger partial charge in [0.15, 0.2) is 0 Å². The van der Waals surface area contributed by atoms with Crippen LogP contribution in [0.4, 0.5) is 0 Å². The molecule has 17 heavy (non-hydrogen) atoms. The third kappa shape index (κ3) is 3.09. The molecule has 0 saturated heterocycles. The average molecular weight is 232 g/mol. The highest BCUT2D eigenvalue weighted by Crippen LogP contribution is 2.31. The number of aldehydes is 1. The van der Waals surface area contributed by atoms with Gasteiger partial charge in [-0.1, -0.05) is 26.0 Å². The highest BCUT2D eigenvalue weighted by molar-refractivity contribution is 5.75. The van der Waals surface area contributed by atoms with Crippen LogP contribution in [0.2, 0.25) is 0 Å². The van der Waals surface area contributed by atoms with E-state index in [1.807, 2.05) is 18.2 Å². The summed E-state index contributed by atoms with van der Waals surface area (Å²) in [5.41, 5.74) is 0.680. The molecule has 1 aromatic rings. The normalized spacial score (nSPS) is 28.7. The zero-order valence-electron chi connectivity index (χ0n) is 10.6. The number of rotatable bonds is 3. The first-order valence-electron chi connectivity index (χ1n) is 6.41. The summed E-state index contributed by atoms with van der Waals surface area (Å²) in [6, 6.07) is 7.41. The summed E-state index contributed by atoms with van der Waals surface area (Å²) in [5, 5.41) is 0. The molecule has 1 aliphatic carbocycles. The lowest BCUT2D eigenvalue weighted by molar-refractivity contribution is 0.100. The SMILES string of the molecule is CC1CCC(Oc2cccc(C=O)c2)CC1C. The van der Waals surface area contributed by atoms with Crippen molar-refractivity contribution in [2.45, 2.75) is 39.2 Å². The van der Waals surface area contributed by atoms with E-state index < -0.39 is 0 Å². The van der Waals surface area contributed by atoms with Crippen molar-refractivity contribution in [2.75, 3.05) is 0 Å². The number of benzene rings is 1. The fourth-order valence-corrected chi connectivity index (χ4v) is 2.46. The van der Waals surface area contributed by atoms with Crippen LogP contribution >= 0.6 is 0 Å². The molecule has 3 unspecified atom stereocenters. The Labute approximate surface area is 103 Å². The lowest BCUT2D eigenvalue weighted by atomic mass is 9.80. The van der Waals surface area contributed by atoms with Crippen molar-refractivity contribution < 1.29 is 9.53 Å². The van der Waals surface area contributed by atoms with Crippen LogP contribution in [0.5, 0.6) is 5.75 Å². The largest absolute Gasteiger partial charge is 0.490 e. The summed E-state index contributed by atoms with van der Waals surface area (Å²) < 4.78 is 5.96. The maximum Gasteiger partial charge on any atom is 0.150 e. The Morgan fingerprint density at radius 1 is 1.24 bits per heavy atom. The molecule has 1 fully saturated rings. The lowest BCUT2D eigenvalue weighted by Crippen LogP contribution is -2.28. The van der Waals surface area contributed by atoms with Gasteiger partial charge in [-0.15, -0.1) is 0 Å². The first-order valence-corrected chi connectivity index (χ1v) is 6.41. The van der Waals surface area contributed by atoms with Crippen LogP contribution in [-0.4, -0.2) is 12.4 Å². The second kappa shape index (κ2) is 5.35. The third-order valence-corrected chi connectivity index (χ3v) is 3.85. The molecule has 0 aliphatic heterocycles. The molecule has 0 bridgehead atoms. The molecule has 0 heterocycles. The van der Waals surface area contributed by atoms with Crippen molar-refractivity contribution in [2.24, 2.45) is 11.8 Å². The molecule has 0 aromatic heterocycles. The van der Waals surface area contributed by atoms with E-state index in [0.717, 1.165) is 36.7 Å². The van der Waals surface area contributed by atoms with E-state index in [9.17, 15) is 4.79 Å². The van der Waals surface area contributed by atoms with Gasteiger partial charge in [0.25, 0.3) is 0 Å². The number of hydrogen-bond donors (Lipinski definition) is 0. The maximum absolute atomic E-state index is 10.7. The minimum atomic E-state index is 0.308. The van der Waals surface area contributed by atoms with Crippen LogP contribution in [0, 0.1) is 11.8 Å². The van der Waals surface area contributed by atoms with E-state index in [1.54, 1.807) is 6.07 Å². The van der Waals surface area contributed by atoms with Crippen molar-refractivity contribution in [1.29, 1.82) is 0 Å². The van der Waals surface area contributed by atoms with Crippen LogP contribution < -0.4 is 4.74 Å². The highest BCUT2D eigenvalue weighted by Gasteiger charge is 2.25. The van der Waals surface area contributed by atoms with Crippen LogP contribution in [0.1, 0.15) is 43.5 Å². The molecule has 2 nitrogen and oxygen atoms in total. The summed E-state index contributed by atoms with van der Waals surface area (Å²) in [5.74, 6) is 2.35. The van der Waals surface area contributed by atoms with Crippen molar-refractivity contribution in [1.82, 2.24) is 0 Å². The summed E-state index contributed by atoms with van der Waals surface area (Å²) >= 11 is 0. The predicted molar refractivity (Wildman–Crippen MR) is 68.4 cm³/mol. The molecule has 1 aromatic carbocycles. The van der Waals surface area contributed by atoms with Crippen molar-refractivity contribution in [3.05, 3.63) is 29.8 Å². The zero-order valence-corrected chi connectivity index (χ0v) is 10.6. The van der Waals surface area contributed by atoms with E-state index in [1.165, 1.54) is 6.42 Å². The van der Waals surface area contributed by atoms with Crippen LogP contribution in [0.15, 0.2) is 24.3 Å². The molecule has 0 radical (unpaired) electrons. The van der Waals surface area contributed by atoms with Gasteiger partial charge in [-0.25, -0.2) is 0 Å². The fourth-order valence-electron chi connectivity index (χ4n) is 2.46. The second-order valence-electron chi connectivity index (χ2n) is 5.20. The molecule has 0 N–H and O–H groups in total. The molecular weight excluding hydrogens is 212 g/mol. The number of ether oxygens (including phenoxy) is 1. The number of carbonyl (C=O) groups excluding carboxylic acids is 1. The van der Waals surface area contributed by atoms with E-state index in [2.05, 4.69) is 13.8 Å².